The molecule has 7 nitrogen and oxygen atoms in total. The number of oxazole rings is 1. The summed E-state index contributed by atoms with van der Waals surface area (Å²) < 4.78 is 10.6. The minimum atomic E-state index is -0.129. The van der Waals surface area contributed by atoms with Gasteiger partial charge in [-0.25, -0.2) is 4.98 Å². The van der Waals surface area contributed by atoms with Gasteiger partial charge >= 0.3 is 0 Å². The van der Waals surface area contributed by atoms with Crippen molar-refractivity contribution >= 4 is 5.91 Å². The Kier molecular flexibility index (Phi) is 3.20. The van der Waals surface area contributed by atoms with Crippen molar-refractivity contribution in [1.82, 2.24) is 20.0 Å². The summed E-state index contributed by atoms with van der Waals surface area (Å²) in [6.07, 6.45) is 5.71. The molecule has 0 bridgehead atoms. The molecule has 2 aromatic rings. The number of nitrogens with zero attached hydrogens (tertiary/aromatic N) is 4. The fourth-order valence-electron chi connectivity index (χ4n) is 2.53. The van der Waals surface area contributed by atoms with Crippen molar-refractivity contribution in [2.75, 3.05) is 6.54 Å². The second-order valence-corrected chi connectivity index (χ2v) is 5.98. The molecule has 0 N–H and O–H groups in total. The number of carbonyl (C=O) groups is 1. The molecule has 2 aromatic heterocycles. The smallest absolute Gasteiger partial charge is 0.276 e. The SMILES string of the molecule is CCN(Cc1noc(C2CC2)n1)C(=O)c1ncoc1C1CC1. The van der Waals surface area contributed by atoms with E-state index in [2.05, 4.69) is 15.1 Å². The van der Waals surface area contributed by atoms with Crippen LogP contribution in [0, 0.1) is 0 Å². The second kappa shape index (κ2) is 5.23. The maximum Gasteiger partial charge on any atom is 0.276 e. The molecule has 0 saturated heterocycles. The summed E-state index contributed by atoms with van der Waals surface area (Å²) in [5.74, 6) is 2.61. The van der Waals surface area contributed by atoms with Gasteiger partial charge in [-0.3, -0.25) is 4.79 Å². The van der Waals surface area contributed by atoms with Gasteiger partial charge in [0.2, 0.25) is 5.89 Å². The van der Waals surface area contributed by atoms with Crippen LogP contribution in [0.25, 0.3) is 0 Å². The summed E-state index contributed by atoms with van der Waals surface area (Å²) >= 11 is 0. The van der Waals surface area contributed by atoms with Gasteiger partial charge in [-0.2, -0.15) is 4.98 Å². The van der Waals surface area contributed by atoms with E-state index in [9.17, 15) is 4.79 Å². The molecule has 0 aromatic carbocycles. The molecular formula is C15H18N4O3. The molecule has 0 spiro atoms. The standard InChI is InChI=1S/C15H18N4O3/c1-2-19(7-11-17-14(22-18-11)10-5-6-10)15(20)12-13(9-3-4-9)21-8-16-12/h8-10H,2-7H2,1H3. The van der Waals surface area contributed by atoms with Gasteiger partial charge in [-0.1, -0.05) is 5.16 Å². The monoisotopic (exact) mass is 302 g/mol. The van der Waals surface area contributed by atoms with Gasteiger partial charge in [0.1, 0.15) is 5.76 Å². The summed E-state index contributed by atoms with van der Waals surface area (Å²) in [5.41, 5.74) is 0.426. The van der Waals surface area contributed by atoms with Gasteiger partial charge in [-0.15, -0.1) is 0 Å². The lowest BCUT2D eigenvalue weighted by Gasteiger charge is -2.18. The highest BCUT2D eigenvalue weighted by atomic mass is 16.5. The summed E-state index contributed by atoms with van der Waals surface area (Å²) in [6, 6.07) is 0. The van der Waals surface area contributed by atoms with E-state index >= 15 is 0 Å². The lowest BCUT2D eigenvalue weighted by Crippen LogP contribution is -2.31. The van der Waals surface area contributed by atoms with Crippen molar-refractivity contribution in [3.63, 3.8) is 0 Å². The third kappa shape index (κ3) is 2.51. The number of amides is 1. The third-order valence-corrected chi connectivity index (χ3v) is 4.16. The maximum atomic E-state index is 12.7. The van der Waals surface area contributed by atoms with E-state index in [1.807, 2.05) is 6.92 Å². The molecule has 2 saturated carbocycles. The van der Waals surface area contributed by atoms with E-state index in [1.165, 1.54) is 6.39 Å². The molecule has 0 atom stereocenters. The topological polar surface area (TPSA) is 85.3 Å². The molecule has 7 heteroatoms. The summed E-state index contributed by atoms with van der Waals surface area (Å²) in [6.45, 7) is 2.82. The zero-order chi connectivity index (χ0) is 15.1. The van der Waals surface area contributed by atoms with Crippen molar-refractivity contribution in [2.24, 2.45) is 0 Å². The van der Waals surface area contributed by atoms with Crippen molar-refractivity contribution in [2.45, 2.75) is 51.0 Å². The van der Waals surface area contributed by atoms with Gasteiger partial charge in [0, 0.05) is 18.4 Å². The zero-order valence-electron chi connectivity index (χ0n) is 12.5. The first-order valence-electron chi connectivity index (χ1n) is 7.81. The second-order valence-electron chi connectivity index (χ2n) is 5.98. The van der Waals surface area contributed by atoms with Crippen LogP contribution < -0.4 is 0 Å². The lowest BCUT2D eigenvalue weighted by atomic mass is 10.2. The molecule has 0 unspecified atom stereocenters. The number of hydrogen-bond donors (Lipinski definition) is 0. The number of hydrogen-bond acceptors (Lipinski definition) is 6. The Balaban J connectivity index is 1.50. The average molecular weight is 302 g/mol. The zero-order valence-corrected chi connectivity index (χ0v) is 12.5. The lowest BCUT2D eigenvalue weighted by molar-refractivity contribution is 0.0739. The van der Waals surface area contributed by atoms with E-state index in [4.69, 9.17) is 8.94 Å². The summed E-state index contributed by atoms with van der Waals surface area (Å²) in [4.78, 5) is 22.8. The largest absolute Gasteiger partial charge is 0.447 e. The fraction of sp³-hybridized carbons (Fsp3) is 0.600. The molecule has 2 aliphatic rings. The summed E-state index contributed by atoms with van der Waals surface area (Å²) in [5, 5.41) is 3.97. The molecular weight excluding hydrogens is 284 g/mol. The highest BCUT2D eigenvalue weighted by Gasteiger charge is 2.34. The van der Waals surface area contributed by atoms with Gasteiger partial charge in [0.25, 0.3) is 5.91 Å². The van der Waals surface area contributed by atoms with Crippen LogP contribution in [-0.2, 0) is 6.54 Å². The quantitative estimate of drug-likeness (QED) is 0.815. The molecule has 116 valence electrons. The highest BCUT2D eigenvalue weighted by molar-refractivity contribution is 5.93. The van der Waals surface area contributed by atoms with Crippen LogP contribution in [-0.4, -0.2) is 32.5 Å². The van der Waals surface area contributed by atoms with Crippen LogP contribution in [0.4, 0.5) is 0 Å². The fourth-order valence-corrected chi connectivity index (χ4v) is 2.53. The molecule has 2 aliphatic carbocycles. The molecule has 22 heavy (non-hydrogen) atoms. The Morgan fingerprint density at radius 3 is 2.77 bits per heavy atom. The van der Waals surface area contributed by atoms with E-state index < -0.39 is 0 Å². The molecule has 2 fully saturated rings. The Morgan fingerprint density at radius 2 is 2.09 bits per heavy atom. The van der Waals surface area contributed by atoms with Gasteiger partial charge in [0.05, 0.1) is 6.54 Å². The first-order chi connectivity index (χ1) is 10.8. The molecule has 4 rings (SSSR count). The van der Waals surface area contributed by atoms with Crippen LogP contribution in [0.15, 0.2) is 15.3 Å². The average Bonchev–Trinajstić information content (AvgIpc) is 3.47. The van der Waals surface area contributed by atoms with E-state index in [0.717, 1.165) is 31.4 Å². The molecule has 0 radical (unpaired) electrons. The number of carbonyl (C=O) groups excluding carboxylic acids is 1. The molecule has 0 aliphatic heterocycles. The van der Waals surface area contributed by atoms with Crippen molar-refractivity contribution in [1.29, 1.82) is 0 Å². The van der Waals surface area contributed by atoms with Crippen LogP contribution in [0.5, 0.6) is 0 Å². The Morgan fingerprint density at radius 1 is 1.32 bits per heavy atom. The van der Waals surface area contributed by atoms with Gasteiger partial charge < -0.3 is 13.8 Å². The molecule has 2 heterocycles. The molecule has 1 amide bonds. The number of aromatic nitrogens is 3. The predicted molar refractivity (Wildman–Crippen MR) is 75.2 cm³/mol. The Labute approximate surface area is 127 Å². The van der Waals surface area contributed by atoms with Gasteiger partial charge in [-0.05, 0) is 32.6 Å². The maximum absolute atomic E-state index is 12.7. The Hall–Kier alpha value is -2.18. The van der Waals surface area contributed by atoms with Crippen molar-refractivity contribution in [3.8, 4) is 0 Å². The Bertz CT molecular complexity index is 685. The van der Waals surface area contributed by atoms with Crippen LogP contribution in [0.1, 0.15) is 72.4 Å². The van der Waals surface area contributed by atoms with Crippen LogP contribution in [0.2, 0.25) is 0 Å². The van der Waals surface area contributed by atoms with E-state index in [-0.39, 0.29) is 5.91 Å². The summed E-state index contributed by atoms with van der Waals surface area (Å²) in [7, 11) is 0. The van der Waals surface area contributed by atoms with Crippen molar-refractivity contribution in [3.05, 3.63) is 29.6 Å². The van der Waals surface area contributed by atoms with E-state index in [1.54, 1.807) is 4.90 Å². The third-order valence-electron chi connectivity index (χ3n) is 4.16. The van der Waals surface area contributed by atoms with Gasteiger partial charge in [0.15, 0.2) is 17.9 Å². The normalized spacial score (nSPS) is 17.7. The van der Waals surface area contributed by atoms with E-state index in [0.29, 0.717) is 42.3 Å². The van der Waals surface area contributed by atoms with Crippen molar-refractivity contribution < 1.29 is 13.7 Å². The van der Waals surface area contributed by atoms with Crippen LogP contribution >= 0.6 is 0 Å². The predicted octanol–water partition coefficient (Wildman–Crippen LogP) is 2.47. The highest BCUT2D eigenvalue weighted by Crippen LogP contribution is 2.41. The van der Waals surface area contributed by atoms with Crippen LogP contribution in [0.3, 0.4) is 0 Å². The minimum absolute atomic E-state index is 0.129. The minimum Gasteiger partial charge on any atom is -0.447 e. The first-order valence-corrected chi connectivity index (χ1v) is 7.81. The number of rotatable bonds is 6. The first kappa shape index (κ1) is 13.5.